The molecule has 2 aliphatic rings. The van der Waals surface area contributed by atoms with E-state index in [0.717, 1.165) is 11.8 Å². The first-order valence-electron chi connectivity index (χ1n) is 5.76. The van der Waals surface area contributed by atoms with Crippen molar-refractivity contribution in [2.24, 2.45) is 22.7 Å². The molecule has 0 saturated heterocycles. The van der Waals surface area contributed by atoms with E-state index >= 15 is 0 Å². The van der Waals surface area contributed by atoms with Gasteiger partial charge >= 0.3 is 0 Å². The van der Waals surface area contributed by atoms with Gasteiger partial charge in [0.2, 0.25) is 0 Å². The van der Waals surface area contributed by atoms with Gasteiger partial charge in [-0.1, -0.05) is 58.4 Å². The first-order valence-corrected chi connectivity index (χ1v) is 5.76. The first-order chi connectivity index (χ1) is 6.39. The van der Waals surface area contributed by atoms with E-state index in [1.165, 1.54) is 6.42 Å². The fraction of sp³-hybridized carbons (Fsp3) is 0.714. The van der Waals surface area contributed by atoms with Gasteiger partial charge in [-0.3, -0.25) is 0 Å². The molecule has 0 N–H and O–H groups in total. The Labute approximate surface area is 88.1 Å². The van der Waals surface area contributed by atoms with E-state index in [1.807, 2.05) is 0 Å². The monoisotopic (exact) mass is 190 g/mol. The van der Waals surface area contributed by atoms with Crippen molar-refractivity contribution in [2.75, 3.05) is 0 Å². The Morgan fingerprint density at radius 2 is 1.86 bits per heavy atom. The van der Waals surface area contributed by atoms with Crippen molar-refractivity contribution >= 4 is 0 Å². The molecular weight excluding hydrogens is 168 g/mol. The van der Waals surface area contributed by atoms with Crippen LogP contribution in [0.15, 0.2) is 23.8 Å². The standard InChI is InChI=1S/C14H22/c1-10-11-8-6-7-9-12(11)14(4,5)13(10,2)3/h6-7,9-11H,8H2,1-5H3. The molecule has 0 aliphatic heterocycles. The fourth-order valence-electron chi connectivity index (χ4n) is 3.24. The van der Waals surface area contributed by atoms with Crippen LogP contribution in [-0.2, 0) is 0 Å². The molecule has 0 aromatic rings. The second kappa shape index (κ2) is 2.74. The lowest BCUT2D eigenvalue weighted by Crippen LogP contribution is -2.31. The zero-order valence-corrected chi connectivity index (χ0v) is 10.1. The molecule has 2 atom stereocenters. The second-order valence-corrected chi connectivity index (χ2v) is 6.03. The summed E-state index contributed by atoms with van der Waals surface area (Å²) in [5.41, 5.74) is 2.47. The SMILES string of the molecule is CC1C2CC=CC=C2C(C)(C)C1(C)C. The van der Waals surface area contributed by atoms with Crippen molar-refractivity contribution < 1.29 is 0 Å². The molecule has 0 amide bonds. The predicted molar refractivity (Wildman–Crippen MR) is 62.1 cm³/mol. The molecule has 2 aliphatic carbocycles. The maximum atomic E-state index is 2.43. The molecule has 0 spiro atoms. The summed E-state index contributed by atoms with van der Waals surface area (Å²) < 4.78 is 0. The van der Waals surface area contributed by atoms with Crippen molar-refractivity contribution in [3.05, 3.63) is 23.8 Å². The Morgan fingerprint density at radius 3 is 2.43 bits per heavy atom. The Morgan fingerprint density at radius 1 is 1.21 bits per heavy atom. The van der Waals surface area contributed by atoms with Gasteiger partial charge in [0.15, 0.2) is 0 Å². The molecule has 14 heavy (non-hydrogen) atoms. The number of rotatable bonds is 0. The maximum absolute atomic E-state index is 2.43. The van der Waals surface area contributed by atoms with Crippen molar-refractivity contribution in [2.45, 2.75) is 41.0 Å². The highest BCUT2D eigenvalue weighted by molar-refractivity contribution is 5.34. The molecule has 1 fully saturated rings. The van der Waals surface area contributed by atoms with Crippen molar-refractivity contribution in [3.8, 4) is 0 Å². The summed E-state index contributed by atoms with van der Waals surface area (Å²) in [6, 6.07) is 0. The smallest absolute Gasteiger partial charge is 0.00847 e. The summed E-state index contributed by atoms with van der Waals surface area (Å²) in [5, 5.41) is 0. The number of fused-ring (bicyclic) bond motifs is 1. The Hall–Kier alpha value is -0.520. The van der Waals surface area contributed by atoms with E-state index in [0.29, 0.717) is 10.8 Å². The topological polar surface area (TPSA) is 0 Å². The van der Waals surface area contributed by atoms with Crippen LogP contribution in [-0.4, -0.2) is 0 Å². The number of allylic oxidation sites excluding steroid dienone is 4. The number of hydrogen-bond acceptors (Lipinski definition) is 0. The third-order valence-corrected chi connectivity index (χ3v) is 5.28. The largest absolute Gasteiger partial charge is 0.0839 e. The zero-order chi connectivity index (χ0) is 10.6. The highest BCUT2D eigenvalue weighted by Crippen LogP contribution is 2.62. The van der Waals surface area contributed by atoms with E-state index in [2.05, 4.69) is 52.8 Å². The summed E-state index contributed by atoms with van der Waals surface area (Å²) in [4.78, 5) is 0. The summed E-state index contributed by atoms with van der Waals surface area (Å²) in [5.74, 6) is 1.60. The first kappa shape index (κ1) is 10.0. The summed E-state index contributed by atoms with van der Waals surface area (Å²) in [7, 11) is 0. The normalized spacial score (nSPS) is 37.9. The lowest BCUT2D eigenvalue weighted by Gasteiger charge is -2.38. The molecule has 0 bridgehead atoms. The predicted octanol–water partition coefficient (Wildman–Crippen LogP) is 4.19. The molecule has 2 rings (SSSR count). The van der Waals surface area contributed by atoms with Gasteiger partial charge in [0.05, 0.1) is 0 Å². The Balaban J connectivity index is 2.50. The molecule has 0 radical (unpaired) electrons. The molecule has 0 aromatic carbocycles. The molecule has 0 heteroatoms. The van der Waals surface area contributed by atoms with E-state index in [4.69, 9.17) is 0 Å². The van der Waals surface area contributed by atoms with Crippen LogP contribution >= 0.6 is 0 Å². The molecule has 1 saturated carbocycles. The highest BCUT2D eigenvalue weighted by Gasteiger charge is 2.54. The van der Waals surface area contributed by atoms with Gasteiger partial charge in [-0.05, 0) is 29.1 Å². The van der Waals surface area contributed by atoms with Crippen molar-refractivity contribution in [3.63, 3.8) is 0 Å². The molecular formula is C14H22. The van der Waals surface area contributed by atoms with Gasteiger partial charge in [0.1, 0.15) is 0 Å². The van der Waals surface area contributed by atoms with Crippen LogP contribution in [0.4, 0.5) is 0 Å². The summed E-state index contributed by atoms with van der Waals surface area (Å²) >= 11 is 0. The molecule has 2 unspecified atom stereocenters. The minimum Gasteiger partial charge on any atom is -0.0839 e. The van der Waals surface area contributed by atoms with E-state index in [1.54, 1.807) is 5.57 Å². The van der Waals surface area contributed by atoms with E-state index < -0.39 is 0 Å². The fourth-order valence-corrected chi connectivity index (χ4v) is 3.24. The maximum Gasteiger partial charge on any atom is -0.00847 e. The average molecular weight is 190 g/mol. The van der Waals surface area contributed by atoms with Gasteiger partial charge in [0, 0.05) is 0 Å². The molecule has 0 aromatic heterocycles. The van der Waals surface area contributed by atoms with Crippen molar-refractivity contribution in [1.82, 2.24) is 0 Å². The van der Waals surface area contributed by atoms with Gasteiger partial charge in [-0.25, -0.2) is 0 Å². The lowest BCUT2D eigenvalue weighted by molar-refractivity contribution is 0.125. The van der Waals surface area contributed by atoms with Gasteiger partial charge < -0.3 is 0 Å². The quantitative estimate of drug-likeness (QED) is 0.537. The Kier molecular flexibility index (Phi) is 1.96. The minimum atomic E-state index is 0.363. The van der Waals surface area contributed by atoms with Crippen molar-refractivity contribution in [1.29, 1.82) is 0 Å². The van der Waals surface area contributed by atoms with Crippen LogP contribution < -0.4 is 0 Å². The van der Waals surface area contributed by atoms with Gasteiger partial charge in [-0.2, -0.15) is 0 Å². The van der Waals surface area contributed by atoms with Crippen LogP contribution in [0, 0.1) is 22.7 Å². The molecule has 0 heterocycles. The zero-order valence-electron chi connectivity index (χ0n) is 10.1. The minimum absolute atomic E-state index is 0.363. The number of hydrogen-bond donors (Lipinski definition) is 0. The van der Waals surface area contributed by atoms with Gasteiger partial charge in [-0.15, -0.1) is 0 Å². The molecule has 78 valence electrons. The van der Waals surface area contributed by atoms with Crippen LogP contribution in [0.2, 0.25) is 0 Å². The van der Waals surface area contributed by atoms with Crippen LogP contribution in [0.3, 0.4) is 0 Å². The van der Waals surface area contributed by atoms with Gasteiger partial charge in [0.25, 0.3) is 0 Å². The Bertz CT molecular complexity index is 302. The second-order valence-electron chi connectivity index (χ2n) is 6.03. The van der Waals surface area contributed by atoms with Crippen LogP contribution in [0.25, 0.3) is 0 Å². The third-order valence-electron chi connectivity index (χ3n) is 5.28. The van der Waals surface area contributed by atoms with E-state index in [-0.39, 0.29) is 0 Å². The van der Waals surface area contributed by atoms with Crippen LogP contribution in [0.5, 0.6) is 0 Å². The average Bonchev–Trinajstić information content (AvgIpc) is 2.27. The van der Waals surface area contributed by atoms with E-state index in [9.17, 15) is 0 Å². The summed E-state index contributed by atoms with van der Waals surface area (Å²) in [6.07, 6.45) is 8.17. The summed E-state index contributed by atoms with van der Waals surface area (Å²) in [6.45, 7) is 12.1. The molecule has 0 nitrogen and oxygen atoms in total. The third kappa shape index (κ3) is 1.00. The lowest BCUT2D eigenvalue weighted by atomic mass is 9.66. The van der Waals surface area contributed by atoms with Crippen LogP contribution in [0.1, 0.15) is 41.0 Å². The highest BCUT2D eigenvalue weighted by atomic mass is 14.6.